The highest BCUT2D eigenvalue weighted by atomic mass is 16.5. The number of hydrogen-bond acceptors (Lipinski definition) is 5. The number of fused-ring (bicyclic) bond motifs is 5. The Morgan fingerprint density at radius 3 is 2.27 bits per heavy atom. The summed E-state index contributed by atoms with van der Waals surface area (Å²) in [6.45, 7) is 14.6. The lowest BCUT2D eigenvalue weighted by atomic mass is 9.36. The van der Waals surface area contributed by atoms with Crippen LogP contribution in [0.4, 0.5) is 0 Å². The number of esters is 1. The van der Waals surface area contributed by atoms with Gasteiger partial charge in [-0.05, 0) is 105 Å². The van der Waals surface area contributed by atoms with Crippen LogP contribution in [0.5, 0.6) is 0 Å². The molecule has 0 aliphatic heterocycles. The van der Waals surface area contributed by atoms with Crippen LogP contribution in [0.25, 0.3) is 0 Å². The summed E-state index contributed by atoms with van der Waals surface area (Å²) in [6, 6.07) is 0. The molecular weight excluding hydrogens is 468 g/mol. The van der Waals surface area contributed by atoms with Crippen molar-refractivity contribution in [2.75, 3.05) is 0 Å². The first-order valence-electron chi connectivity index (χ1n) is 14.6. The predicted molar refractivity (Wildman–Crippen MR) is 143 cm³/mol. The fourth-order valence-corrected chi connectivity index (χ4v) is 10.4. The number of carboxylic acids is 1. The third kappa shape index (κ3) is 4.48. The Balaban J connectivity index is 1.75. The minimum atomic E-state index is -0.832. The first-order valence-corrected chi connectivity index (χ1v) is 14.6. The number of ether oxygens (including phenoxy) is 1. The van der Waals surface area contributed by atoms with Crippen LogP contribution < -0.4 is 0 Å². The van der Waals surface area contributed by atoms with Crippen LogP contribution in [0.2, 0.25) is 0 Å². The molecule has 0 amide bonds. The minimum Gasteiger partial charge on any atom is -0.481 e. The molecule has 0 saturated heterocycles. The molecule has 210 valence electrons. The van der Waals surface area contributed by atoms with E-state index < -0.39 is 24.1 Å². The second-order valence-electron chi connectivity index (χ2n) is 14.1. The van der Waals surface area contributed by atoms with Crippen LogP contribution >= 0.6 is 0 Å². The first-order chi connectivity index (χ1) is 17.2. The summed E-state index contributed by atoms with van der Waals surface area (Å²) in [6.07, 6.45) is 6.77. The topological polar surface area (TPSA) is 104 Å². The van der Waals surface area contributed by atoms with E-state index in [4.69, 9.17) is 4.74 Å². The van der Waals surface area contributed by atoms with Crippen LogP contribution in [-0.2, 0) is 14.3 Å². The van der Waals surface area contributed by atoms with Gasteiger partial charge >= 0.3 is 11.9 Å². The maximum absolute atomic E-state index is 12.7. The van der Waals surface area contributed by atoms with E-state index in [2.05, 4.69) is 33.8 Å². The van der Waals surface area contributed by atoms with Crippen LogP contribution in [0.3, 0.4) is 0 Å². The predicted octanol–water partition coefficient (Wildman–Crippen LogP) is 5.60. The summed E-state index contributed by atoms with van der Waals surface area (Å²) in [5.74, 6) is -1.54. The lowest BCUT2D eigenvalue weighted by Gasteiger charge is -2.69. The normalized spacial score (nSPS) is 47.7. The molecule has 37 heavy (non-hydrogen) atoms. The van der Waals surface area contributed by atoms with Gasteiger partial charge in [0.15, 0.2) is 0 Å². The van der Waals surface area contributed by atoms with Gasteiger partial charge in [-0.25, -0.2) is 0 Å². The Hall–Kier alpha value is -1.40. The summed E-state index contributed by atoms with van der Waals surface area (Å²) in [4.78, 5) is 24.9. The van der Waals surface area contributed by atoms with E-state index in [1.54, 1.807) is 0 Å². The van der Waals surface area contributed by atoms with Crippen LogP contribution in [0.1, 0.15) is 99.8 Å². The van der Waals surface area contributed by atoms with E-state index in [-0.39, 0.29) is 52.0 Å². The number of aliphatic carboxylic acids is 1. The molecule has 0 aromatic carbocycles. The molecule has 0 heterocycles. The highest BCUT2D eigenvalue weighted by Crippen LogP contribution is 2.74. The van der Waals surface area contributed by atoms with Crippen molar-refractivity contribution in [2.45, 2.75) is 118 Å². The van der Waals surface area contributed by atoms with E-state index in [0.29, 0.717) is 31.6 Å². The van der Waals surface area contributed by atoms with Gasteiger partial charge in [0.2, 0.25) is 0 Å². The highest BCUT2D eigenvalue weighted by Gasteiger charge is 2.72. The molecule has 4 aliphatic carbocycles. The highest BCUT2D eigenvalue weighted by molar-refractivity contribution is 5.71. The van der Waals surface area contributed by atoms with Gasteiger partial charge in [-0.1, -0.05) is 39.3 Å². The van der Waals surface area contributed by atoms with Crippen molar-refractivity contribution >= 4 is 11.9 Å². The molecular formula is C31H50O6. The monoisotopic (exact) mass is 518 g/mol. The van der Waals surface area contributed by atoms with Gasteiger partial charge < -0.3 is 20.1 Å². The van der Waals surface area contributed by atoms with Crippen LogP contribution in [0.15, 0.2) is 11.6 Å². The molecule has 4 fully saturated rings. The largest absolute Gasteiger partial charge is 0.481 e. The molecule has 0 aromatic heterocycles. The van der Waals surface area contributed by atoms with Crippen molar-refractivity contribution in [3.8, 4) is 0 Å². The van der Waals surface area contributed by atoms with Crippen LogP contribution in [-0.4, -0.2) is 45.6 Å². The van der Waals surface area contributed by atoms with Gasteiger partial charge in [0.1, 0.15) is 6.10 Å². The average Bonchev–Trinajstić information content (AvgIpc) is 3.05. The first kappa shape index (κ1) is 28.6. The zero-order valence-electron chi connectivity index (χ0n) is 24.0. The van der Waals surface area contributed by atoms with Crippen molar-refractivity contribution in [3.63, 3.8) is 0 Å². The molecule has 4 aliphatic rings. The minimum absolute atomic E-state index is 0.0346. The lowest BCUT2D eigenvalue weighted by molar-refractivity contribution is -0.240. The average molecular weight is 519 g/mol. The Morgan fingerprint density at radius 2 is 1.68 bits per heavy atom. The third-order valence-electron chi connectivity index (χ3n) is 12.1. The number of rotatable bonds is 6. The Labute approximate surface area is 223 Å². The Bertz CT molecular complexity index is 925. The molecule has 4 rings (SSSR count). The number of allylic oxidation sites excluding steroid dienone is 2. The maximum Gasteiger partial charge on any atom is 0.306 e. The maximum atomic E-state index is 12.7. The van der Waals surface area contributed by atoms with Crippen molar-refractivity contribution in [2.24, 2.45) is 51.8 Å². The fraction of sp³-hybridized carbons (Fsp3) is 0.871. The van der Waals surface area contributed by atoms with Gasteiger partial charge in [0, 0.05) is 12.8 Å². The molecule has 6 heteroatoms. The van der Waals surface area contributed by atoms with Gasteiger partial charge in [0.25, 0.3) is 0 Å². The van der Waals surface area contributed by atoms with Crippen molar-refractivity contribution < 1.29 is 29.6 Å². The molecule has 12 atom stereocenters. The number of carbonyl (C=O) groups is 2. The molecule has 0 spiro atoms. The van der Waals surface area contributed by atoms with Crippen molar-refractivity contribution in [3.05, 3.63) is 11.6 Å². The van der Waals surface area contributed by atoms with Crippen molar-refractivity contribution in [1.29, 1.82) is 0 Å². The SMILES string of the molecule is CC(=O)O[C@H]1C[C@@]2(C)C(C[C@@H](O)C3[C@@]4(C)CC[C@@H](O)[C@@H](C)C4CC[C@@]32C)[C@H]1[C@H](CCC=C(C)C)C(=O)O. The van der Waals surface area contributed by atoms with Gasteiger partial charge in [0.05, 0.1) is 18.1 Å². The number of carboxylic acid groups (broad SMARTS) is 1. The molecule has 6 nitrogen and oxygen atoms in total. The van der Waals surface area contributed by atoms with Gasteiger partial charge in [-0.3, -0.25) is 9.59 Å². The molecule has 3 N–H and O–H groups in total. The van der Waals surface area contributed by atoms with E-state index in [9.17, 15) is 24.9 Å². The Morgan fingerprint density at radius 1 is 1.00 bits per heavy atom. The second kappa shape index (κ2) is 9.97. The van der Waals surface area contributed by atoms with E-state index in [1.807, 2.05) is 13.8 Å². The lowest BCUT2D eigenvalue weighted by Crippen LogP contribution is -2.66. The molecule has 3 unspecified atom stereocenters. The zero-order valence-corrected chi connectivity index (χ0v) is 24.0. The number of carbonyl (C=O) groups excluding carboxylic acids is 1. The molecule has 0 aromatic rings. The second-order valence-corrected chi connectivity index (χ2v) is 14.1. The van der Waals surface area contributed by atoms with E-state index in [0.717, 1.165) is 31.3 Å². The molecule has 0 radical (unpaired) electrons. The smallest absolute Gasteiger partial charge is 0.306 e. The summed E-state index contributed by atoms with van der Waals surface area (Å²) in [5, 5.41) is 33.0. The Kier molecular flexibility index (Phi) is 7.71. The summed E-state index contributed by atoms with van der Waals surface area (Å²) in [5.41, 5.74) is 0.624. The fourth-order valence-electron chi connectivity index (χ4n) is 10.4. The number of hydrogen-bond donors (Lipinski definition) is 3. The van der Waals surface area contributed by atoms with Crippen molar-refractivity contribution in [1.82, 2.24) is 0 Å². The quantitative estimate of drug-likeness (QED) is 0.312. The standard InChI is InChI=1S/C31H50O6/c1-17(2)9-8-10-20(28(35)36)26-22-15-24(34)27-29(5)13-12-23(33)18(3)21(29)11-14-30(27,6)31(22,7)16-25(26)37-19(4)32/h9,18,20-27,33-34H,8,10-16H2,1-7H3,(H,35,36)/t18-,20-,21?,22?,23+,24+,25-,26+,27?,29-,30-,31-/m0/s1. The van der Waals surface area contributed by atoms with Gasteiger partial charge in [-0.2, -0.15) is 0 Å². The molecule has 0 bridgehead atoms. The third-order valence-corrected chi connectivity index (χ3v) is 12.1. The van der Waals surface area contributed by atoms with Crippen LogP contribution in [0, 0.1) is 51.8 Å². The van der Waals surface area contributed by atoms with E-state index in [1.165, 1.54) is 6.92 Å². The summed E-state index contributed by atoms with van der Waals surface area (Å²) in [7, 11) is 0. The summed E-state index contributed by atoms with van der Waals surface area (Å²) < 4.78 is 5.93. The van der Waals surface area contributed by atoms with E-state index >= 15 is 0 Å². The summed E-state index contributed by atoms with van der Waals surface area (Å²) >= 11 is 0. The number of aliphatic hydroxyl groups excluding tert-OH is 2. The van der Waals surface area contributed by atoms with Gasteiger partial charge in [-0.15, -0.1) is 0 Å². The molecule has 4 saturated carbocycles. The number of aliphatic hydroxyl groups is 2. The zero-order chi connectivity index (χ0) is 27.5.